The molecule has 0 bridgehead atoms. The molecule has 0 aliphatic carbocycles. The number of hydrogen-bond acceptors (Lipinski definition) is 7. The van der Waals surface area contributed by atoms with Crippen molar-refractivity contribution in [3.63, 3.8) is 0 Å². The maximum Gasteiger partial charge on any atom is 0.295 e. The van der Waals surface area contributed by atoms with Crippen LogP contribution < -0.4 is 19.5 Å². The summed E-state index contributed by atoms with van der Waals surface area (Å²) in [6, 6.07) is 9.83. The topological polar surface area (TPSA) is 97.9 Å². The number of fused-ring (bicyclic) bond motifs is 3. The third kappa shape index (κ3) is 2.83. The van der Waals surface area contributed by atoms with Gasteiger partial charge in [-0.15, -0.1) is 0 Å². The summed E-state index contributed by atoms with van der Waals surface area (Å²) in [4.78, 5) is 7.74. The van der Waals surface area contributed by atoms with E-state index in [1.165, 1.54) is 0 Å². The smallest absolute Gasteiger partial charge is 0.295 e. The van der Waals surface area contributed by atoms with Crippen molar-refractivity contribution in [2.45, 2.75) is 24.4 Å². The van der Waals surface area contributed by atoms with E-state index in [-0.39, 0.29) is 25.0 Å². The molecular weight excluding hydrogens is 398 g/mol. The maximum absolute atomic E-state index is 9.93. The average molecular weight is 416 g/mol. The molecule has 0 amide bonds. The highest BCUT2D eigenvalue weighted by atomic mass is 35.5. The largest absolute Gasteiger partial charge is 0.457 e. The van der Waals surface area contributed by atoms with E-state index < -0.39 is 6.10 Å². The fourth-order valence-corrected chi connectivity index (χ4v) is 4.47. The predicted molar refractivity (Wildman–Crippen MR) is 105 cm³/mol. The summed E-state index contributed by atoms with van der Waals surface area (Å²) in [7, 11) is 0. The van der Waals surface area contributed by atoms with E-state index in [1.807, 2.05) is 30.3 Å². The Hall–Kier alpha value is -2.52. The van der Waals surface area contributed by atoms with E-state index in [2.05, 4.69) is 15.3 Å². The number of benzene rings is 2. The minimum absolute atomic E-state index is 0.0500. The van der Waals surface area contributed by atoms with Gasteiger partial charge in [-0.05, 0) is 29.8 Å². The summed E-state index contributed by atoms with van der Waals surface area (Å²) in [6.45, 7) is 1.13. The van der Waals surface area contributed by atoms with Crippen LogP contribution in [0.1, 0.15) is 0 Å². The molecule has 0 saturated carbocycles. The van der Waals surface area contributed by atoms with Gasteiger partial charge in [0, 0.05) is 12.1 Å². The summed E-state index contributed by atoms with van der Waals surface area (Å²) < 4.78 is 22.5. The van der Waals surface area contributed by atoms with Crippen LogP contribution in [-0.4, -0.2) is 59.4 Å². The molecule has 0 radical (unpaired) electrons. The number of aromatic nitrogens is 2. The van der Waals surface area contributed by atoms with Gasteiger partial charge in [0.05, 0.1) is 34.8 Å². The highest BCUT2D eigenvalue weighted by Gasteiger charge is 2.47. The second-order valence-electron chi connectivity index (χ2n) is 7.41. The van der Waals surface area contributed by atoms with Crippen molar-refractivity contribution in [1.82, 2.24) is 15.3 Å². The fourth-order valence-electron chi connectivity index (χ4n) is 4.19. The zero-order valence-corrected chi connectivity index (χ0v) is 16.0. The molecular formula is C20H18ClN3O5. The average Bonchev–Trinajstić information content (AvgIpc) is 3.47. The first-order valence-corrected chi connectivity index (χ1v) is 9.82. The molecule has 9 heteroatoms. The van der Waals surface area contributed by atoms with E-state index in [4.69, 9.17) is 30.5 Å². The molecule has 4 atom stereocenters. The zero-order valence-electron chi connectivity index (χ0n) is 15.2. The number of hydrogen-bond donors (Lipinski definition) is 3. The Morgan fingerprint density at radius 1 is 1.17 bits per heavy atom. The summed E-state index contributed by atoms with van der Waals surface area (Å²) in [5.41, 5.74) is 3.29. The SMILES string of the molecule is O[C@@H]1CN[C@H]2[C@@H]1OC[C@H]2Oc1nc2cc(-c3ccc4c(c3)OCO4)c(Cl)cc2[nH]1. The number of β-amino-alcohol motifs (C(OH)–C–C–N with tert-alkyl or cyclic N) is 1. The highest BCUT2D eigenvalue weighted by Crippen LogP contribution is 2.39. The Morgan fingerprint density at radius 2 is 2.07 bits per heavy atom. The molecule has 3 N–H and O–H groups in total. The number of H-pyrrole nitrogens is 1. The molecule has 2 fully saturated rings. The van der Waals surface area contributed by atoms with Crippen LogP contribution >= 0.6 is 11.6 Å². The van der Waals surface area contributed by atoms with Gasteiger partial charge in [-0.2, -0.15) is 4.98 Å². The number of halogens is 1. The molecule has 0 spiro atoms. The molecule has 4 heterocycles. The van der Waals surface area contributed by atoms with Gasteiger partial charge >= 0.3 is 0 Å². The molecule has 1 aromatic heterocycles. The van der Waals surface area contributed by atoms with Crippen LogP contribution in [0.3, 0.4) is 0 Å². The first kappa shape index (κ1) is 17.3. The van der Waals surface area contributed by atoms with Crippen molar-refractivity contribution in [2.75, 3.05) is 19.9 Å². The van der Waals surface area contributed by atoms with Crippen LogP contribution in [0.2, 0.25) is 5.02 Å². The molecule has 2 saturated heterocycles. The number of nitrogens with one attached hydrogen (secondary N) is 2. The Morgan fingerprint density at radius 3 is 3.00 bits per heavy atom. The molecule has 150 valence electrons. The number of rotatable bonds is 3. The lowest BCUT2D eigenvalue weighted by molar-refractivity contribution is 0.0146. The number of aliphatic hydroxyl groups excluding tert-OH is 1. The zero-order chi connectivity index (χ0) is 19.5. The van der Waals surface area contributed by atoms with Crippen molar-refractivity contribution in [1.29, 1.82) is 0 Å². The van der Waals surface area contributed by atoms with Crippen LogP contribution in [0.4, 0.5) is 0 Å². The van der Waals surface area contributed by atoms with E-state index in [1.54, 1.807) is 0 Å². The van der Waals surface area contributed by atoms with Gasteiger partial charge in [0.2, 0.25) is 6.79 Å². The van der Waals surface area contributed by atoms with E-state index in [0.717, 1.165) is 27.9 Å². The van der Waals surface area contributed by atoms with E-state index in [9.17, 15) is 5.11 Å². The van der Waals surface area contributed by atoms with Gasteiger partial charge in [-0.25, -0.2) is 0 Å². The van der Waals surface area contributed by atoms with Crippen molar-refractivity contribution in [2.24, 2.45) is 0 Å². The van der Waals surface area contributed by atoms with Crippen molar-refractivity contribution in [3.05, 3.63) is 35.4 Å². The Balaban J connectivity index is 1.30. The quantitative estimate of drug-likeness (QED) is 0.602. The number of aliphatic hydroxyl groups is 1. The lowest BCUT2D eigenvalue weighted by Crippen LogP contribution is -2.40. The number of ether oxygens (including phenoxy) is 4. The monoisotopic (exact) mass is 415 g/mol. The van der Waals surface area contributed by atoms with E-state index in [0.29, 0.717) is 29.9 Å². The van der Waals surface area contributed by atoms with Gasteiger partial charge < -0.3 is 34.4 Å². The van der Waals surface area contributed by atoms with Crippen LogP contribution in [0.15, 0.2) is 30.3 Å². The summed E-state index contributed by atoms with van der Waals surface area (Å²) in [6.07, 6.45) is -0.967. The van der Waals surface area contributed by atoms with Crippen LogP contribution in [0.5, 0.6) is 17.5 Å². The molecule has 8 nitrogen and oxygen atoms in total. The van der Waals surface area contributed by atoms with Crippen molar-refractivity contribution >= 4 is 22.6 Å². The van der Waals surface area contributed by atoms with Gasteiger partial charge in [-0.1, -0.05) is 17.7 Å². The van der Waals surface area contributed by atoms with Gasteiger partial charge in [0.25, 0.3) is 6.01 Å². The molecule has 3 aliphatic rings. The molecule has 2 aromatic carbocycles. The lowest BCUT2D eigenvalue weighted by Gasteiger charge is -2.16. The molecule has 0 unspecified atom stereocenters. The van der Waals surface area contributed by atoms with Gasteiger partial charge in [0.15, 0.2) is 11.5 Å². The van der Waals surface area contributed by atoms with Crippen molar-refractivity contribution < 1.29 is 24.1 Å². The summed E-state index contributed by atoms with van der Waals surface area (Å²) in [5.74, 6) is 1.43. The Kier molecular flexibility index (Phi) is 3.89. The molecule has 6 rings (SSSR count). The van der Waals surface area contributed by atoms with Gasteiger partial charge in [0.1, 0.15) is 12.2 Å². The van der Waals surface area contributed by atoms with Crippen LogP contribution in [0.25, 0.3) is 22.2 Å². The third-order valence-corrected chi connectivity index (χ3v) is 5.96. The number of imidazole rings is 1. The lowest BCUT2D eigenvalue weighted by atomic mass is 10.0. The fraction of sp³-hybridized carbons (Fsp3) is 0.350. The van der Waals surface area contributed by atoms with Crippen molar-refractivity contribution in [3.8, 4) is 28.6 Å². The minimum atomic E-state index is -0.507. The van der Waals surface area contributed by atoms with Crippen LogP contribution in [-0.2, 0) is 4.74 Å². The standard InChI is InChI=1S/C20H18ClN3O5/c21-11-5-13-12(4-10(11)9-1-2-15-16(3-9)28-8-27-15)23-20(24-13)29-17-7-26-19-14(25)6-22-18(17)19/h1-5,14,17-19,22,25H,6-8H2,(H,23,24)/t14-,17-,18-,19-/m1/s1. The maximum atomic E-state index is 9.93. The molecule has 3 aliphatic heterocycles. The highest BCUT2D eigenvalue weighted by molar-refractivity contribution is 6.34. The Labute approximate surface area is 170 Å². The van der Waals surface area contributed by atoms with Gasteiger partial charge in [-0.3, -0.25) is 0 Å². The summed E-state index contributed by atoms with van der Waals surface area (Å²) >= 11 is 6.54. The normalized spacial score (nSPS) is 27.5. The van der Waals surface area contributed by atoms with Crippen LogP contribution in [0, 0.1) is 0 Å². The number of nitrogens with zero attached hydrogens (tertiary/aromatic N) is 1. The first-order chi connectivity index (χ1) is 14.2. The number of aromatic amines is 1. The third-order valence-electron chi connectivity index (χ3n) is 5.64. The Bertz CT molecular complexity index is 1100. The van der Waals surface area contributed by atoms with E-state index >= 15 is 0 Å². The molecule has 29 heavy (non-hydrogen) atoms. The molecule has 3 aromatic rings. The minimum Gasteiger partial charge on any atom is -0.457 e. The predicted octanol–water partition coefficient (Wildman–Crippen LogP) is 2.09. The first-order valence-electron chi connectivity index (χ1n) is 9.45. The second kappa shape index (κ2) is 6.50. The second-order valence-corrected chi connectivity index (χ2v) is 7.82. The summed E-state index contributed by atoms with van der Waals surface area (Å²) in [5, 5.41) is 13.8.